The first-order chi connectivity index (χ1) is 8.33. The molecule has 3 rings (SSSR count). The highest BCUT2D eigenvalue weighted by Gasteiger charge is 2.19. The van der Waals surface area contributed by atoms with Crippen molar-refractivity contribution in [2.45, 2.75) is 13.0 Å². The molecule has 88 valence electrons. The topological polar surface area (TPSA) is 39.1 Å². The van der Waals surface area contributed by atoms with Gasteiger partial charge in [-0.3, -0.25) is 4.68 Å². The van der Waals surface area contributed by atoms with Crippen LogP contribution in [0, 0.1) is 6.92 Å². The standard InChI is InChI=1S/C13H15N3O/c1-10-4-2-3-5-13(10)17-12-8-15-16(9-12)11-6-14-7-11/h2-5,8-9,11,14H,6-7H2,1H3. The molecule has 1 N–H and O–H groups in total. The molecule has 0 bridgehead atoms. The van der Waals surface area contributed by atoms with Gasteiger partial charge in [0.05, 0.1) is 18.4 Å². The number of para-hydroxylation sites is 1. The van der Waals surface area contributed by atoms with E-state index in [9.17, 15) is 0 Å². The van der Waals surface area contributed by atoms with E-state index < -0.39 is 0 Å². The van der Waals surface area contributed by atoms with Gasteiger partial charge in [0.2, 0.25) is 0 Å². The number of nitrogens with one attached hydrogen (secondary N) is 1. The first-order valence-electron chi connectivity index (χ1n) is 5.81. The monoisotopic (exact) mass is 229 g/mol. The molecule has 1 aromatic heterocycles. The lowest BCUT2D eigenvalue weighted by Crippen LogP contribution is -2.43. The van der Waals surface area contributed by atoms with Crippen molar-refractivity contribution in [3.05, 3.63) is 42.2 Å². The Morgan fingerprint density at radius 1 is 1.35 bits per heavy atom. The van der Waals surface area contributed by atoms with Gasteiger partial charge in [-0.15, -0.1) is 0 Å². The molecular weight excluding hydrogens is 214 g/mol. The highest BCUT2D eigenvalue weighted by atomic mass is 16.5. The predicted molar refractivity (Wildman–Crippen MR) is 65.4 cm³/mol. The third-order valence-corrected chi connectivity index (χ3v) is 3.03. The van der Waals surface area contributed by atoms with Gasteiger partial charge in [-0.1, -0.05) is 18.2 Å². The van der Waals surface area contributed by atoms with Gasteiger partial charge in [-0.2, -0.15) is 5.10 Å². The van der Waals surface area contributed by atoms with Gasteiger partial charge >= 0.3 is 0 Å². The van der Waals surface area contributed by atoms with Crippen LogP contribution in [0.15, 0.2) is 36.7 Å². The van der Waals surface area contributed by atoms with Gasteiger partial charge in [-0.25, -0.2) is 0 Å². The number of nitrogens with zero attached hydrogens (tertiary/aromatic N) is 2. The van der Waals surface area contributed by atoms with Crippen LogP contribution in [-0.2, 0) is 0 Å². The van der Waals surface area contributed by atoms with Crippen LogP contribution in [0.2, 0.25) is 0 Å². The molecule has 1 aliphatic rings. The minimum atomic E-state index is 0.476. The molecule has 17 heavy (non-hydrogen) atoms. The Morgan fingerprint density at radius 2 is 2.18 bits per heavy atom. The Morgan fingerprint density at radius 3 is 2.88 bits per heavy atom. The summed E-state index contributed by atoms with van der Waals surface area (Å²) in [5.41, 5.74) is 1.13. The van der Waals surface area contributed by atoms with Crippen molar-refractivity contribution in [3.63, 3.8) is 0 Å². The Bertz CT molecular complexity index is 517. The van der Waals surface area contributed by atoms with Gasteiger partial charge in [-0.05, 0) is 18.6 Å². The summed E-state index contributed by atoms with van der Waals surface area (Å²) in [5.74, 6) is 1.69. The van der Waals surface area contributed by atoms with Crippen LogP contribution in [0.1, 0.15) is 11.6 Å². The van der Waals surface area contributed by atoms with Crippen LogP contribution in [0.25, 0.3) is 0 Å². The maximum Gasteiger partial charge on any atom is 0.165 e. The second-order valence-corrected chi connectivity index (χ2v) is 4.34. The SMILES string of the molecule is Cc1ccccc1Oc1cnn(C2CNC2)c1. The van der Waals surface area contributed by atoms with E-state index in [-0.39, 0.29) is 0 Å². The molecule has 0 unspecified atom stereocenters. The first kappa shape index (κ1) is 10.4. The minimum Gasteiger partial charge on any atom is -0.454 e. The lowest BCUT2D eigenvalue weighted by Gasteiger charge is -2.26. The molecule has 0 spiro atoms. The smallest absolute Gasteiger partial charge is 0.165 e. The number of rotatable bonds is 3. The summed E-state index contributed by atoms with van der Waals surface area (Å²) in [6.07, 6.45) is 3.72. The number of aryl methyl sites for hydroxylation is 1. The van der Waals surface area contributed by atoms with E-state index in [0.717, 1.165) is 30.2 Å². The van der Waals surface area contributed by atoms with E-state index in [1.165, 1.54) is 0 Å². The quantitative estimate of drug-likeness (QED) is 0.876. The maximum absolute atomic E-state index is 5.80. The molecule has 4 nitrogen and oxygen atoms in total. The fourth-order valence-electron chi connectivity index (χ4n) is 1.83. The van der Waals surface area contributed by atoms with Crippen LogP contribution in [0.4, 0.5) is 0 Å². The Hall–Kier alpha value is -1.81. The van der Waals surface area contributed by atoms with Crippen LogP contribution in [0.5, 0.6) is 11.5 Å². The molecular formula is C13H15N3O. The summed E-state index contributed by atoms with van der Waals surface area (Å²) in [7, 11) is 0. The zero-order valence-corrected chi connectivity index (χ0v) is 9.76. The van der Waals surface area contributed by atoms with E-state index in [2.05, 4.69) is 10.4 Å². The second-order valence-electron chi connectivity index (χ2n) is 4.34. The maximum atomic E-state index is 5.80. The van der Waals surface area contributed by atoms with E-state index in [4.69, 9.17) is 4.74 Å². The number of ether oxygens (including phenoxy) is 1. The highest BCUT2D eigenvalue weighted by molar-refractivity contribution is 5.35. The molecule has 0 atom stereocenters. The average molecular weight is 229 g/mol. The predicted octanol–water partition coefficient (Wildman–Crippen LogP) is 2.13. The Labute approximate surface area is 100 Å². The van der Waals surface area contributed by atoms with Crippen LogP contribution in [0.3, 0.4) is 0 Å². The van der Waals surface area contributed by atoms with Crippen LogP contribution >= 0.6 is 0 Å². The number of hydrogen-bond acceptors (Lipinski definition) is 3. The first-order valence-corrected chi connectivity index (χ1v) is 5.81. The van der Waals surface area contributed by atoms with Crippen molar-refractivity contribution in [1.29, 1.82) is 0 Å². The lowest BCUT2D eigenvalue weighted by molar-refractivity contribution is 0.317. The fourth-order valence-corrected chi connectivity index (χ4v) is 1.83. The third-order valence-electron chi connectivity index (χ3n) is 3.03. The second kappa shape index (κ2) is 4.22. The van der Waals surface area contributed by atoms with Gasteiger partial charge in [0, 0.05) is 13.1 Å². The summed E-state index contributed by atoms with van der Waals surface area (Å²) in [6, 6.07) is 8.46. The molecule has 1 fully saturated rings. The summed E-state index contributed by atoms with van der Waals surface area (Å²) in [6.45, 7) is 4.02. The van der Waals surface area contributed by atoms with E-state index >= 15 is 0 Å². The third kappa shape index (κ3) is 2.03. The Balaban J connectivity index is 1.76. The molecule has 0 aliphatic carbocycles. The zero-order valence-electron chi connectivity index (χ0n) is 9.76. The van der Waals surface area contributed by atoms with Crippen molar-refractivity contribution in [3.8, 4) is 11.5 Å². The molecule has 0 saturated carbocycles. The Kier molecular flexibility index (Phi) is 2.57. The molecule has 1 saturated heterocycles. The molecule has 1 aliphatic heterocycles. The van der Waals surface area contributed by atoms with Gasteiger partial charge in [0.1, 0.15) is 5.75 Å². The van der Waals surface area contributed by atoms with E-state index in [0.29, 0.717) is 6.04 Å². The van der Waals surface area contributed by atoms with Gasteiger partial charge in [0.25, 0.3) is 0 Å². The molecule has 0 amide bonds. The van der Waals surface area contributed by atoms with E-state index in [1.807, 2.05) is 42.1 Å². The van der Waals surface area contributed by atoms with Crippen molar-refractivity contribution in [2.75, 3.05) is 13.1 Å². The van der Waals surface area contributed by atoms with Crippen LogP contribution in [-0.4, -0.2) is 22.9 Å². The largest absolute Gasteiger partial charge is 0.454 e. The summed E-state index contributed by atoms with van der Waals surface area (Å²) >= 11 is 0. The van der Waals surface area contributed by atoms with Crippen molar-refractivity contribution >= 4 is 0 Å². The molecule has 0 radical (unpaired) electrons. The average Bonchev–Trinajstić information content (AvgIpc) is 2.67. The molecule has 2 heterocycles. The lowest BCUT2D eigenvalue weighted by atomic mass is 10.2. The normalized spacial score (nSPS) is 15.6. The van der Waals surface area contributed by atoms with Crippen LogP contribution < -0.4 is 10.1 Å². The van der Waals surface area contributed by atoms with Crippen molar-refractivity contribution in [1.82, 2.24) is 15.1 Å². The fraction of sp³-hybridized carbons (Fsp3) is 0.308. The van der Waals surface area contributed by atoms with E-state index in [1.54, 1.807) is 6.20 Å². The molecule has 4 heteroatoms. The van der Waals surface area contributed by atoms with Crippen molar-refractivity contribution < 1.29 is 4.74 Å². The summed E-state index contributed by atoms with van der Waals surface area (Å²) in [4.78, 5) is 0. The minimum absolute atomic E-state index is 0.476. The number of hydrogen-bond donors (Lipinski definition) is 1. The van der Waals surface area contributed by atoms with Gasteiger partial charge in [0.15, 0.2) is 5.75 Å². The molecule has 2 aromatic rings. The zero-order chi connectivity index (χ0) is 11.7. The van der Waals surface area contributed by atoms with Crippen molar-refractivity contribution in [2.24, 2.45) is 0 Å². The summed E-state index contributed by atoms with van der Waals surface area (Å²) in [5, 5.41) is 7.54. The number of aromatic nitrogens is 2. The number of benzene rings is 1. The highest BCUT2D eigenvalue weighted by Crippen LogP contribution is 2.25. The van der Waals surface area contributed by atoms with Gasteiger partial charge < -0.3 is 10.1 Å². The summed E-state index contributed by atoms with van der Waals surface area (Å²) < 4.78 is 7.77. The molecule has 1 aromatic carbocycles.